The summed E-state index contributed by atoms with van der Waals surface area (Å²) >= 11 is 0. The highest BCUT2D eigenvalue weighted by Gasteiger charge is 2.36. The minimum absolute atomic E-state index is 0.0237. The summed E-state index contributed by atoms with van der Waals surface area (Å²) in [6.07, 6.45) is -9.68. The van der Waals surface area contributed by atoms with Crippen LogP contribution in [-0.4, -0.2) is 11.4 Å². The number of aromatic hydroxyl groups is 1. The molecule has 0 saturated carbocycles. The molecule has 0 bridgehead atoms. The number of hydrogen-bond acceptors (Lipinski definition) is 4. The molecule has 0 amide bonds. The van der Waals surface area contributed by atoms with Crippen molar-refractivity contribution in [1.29, 1.82) is 0 Å². The number of aldehydes is 1. The summed E-state index contributed by atoms with van der Waals surface area (Å²) in [7, 11) is 0. The Hall–Kier alpha value is -2.91. The maximum absolute atomic E-state index is 12.7. The third kappa shape index (κ3) is 4.55. The van der Waals surface area contributed by atoms with Crippen LogP contribution in [0, 0.1) is 0 Å². The van der Waals surface area contributed by atoms with Crippen molar-refractivity contribution >= 4 is 17.7 Å². The Kier molecular flexibility index (Phi) is 4.82. The standard InChI is InChI=1S/C15H8F6N2O2/c16-14(17,18)9-4-10(15(19,20)21)6-12(5-9)23-22-11-1-2-13(25)8(3-11)7-24/h1-7,25H. The van der Waals surface area contributed by atoms with Gasteiger partial charge in [-0.15, -0.1) is 0 Å². The van der Waals surface area contributed by atoms with Gasteiger partial charge in [0.15, 0.2) is 6.29 Å². The van der Waals surface area contributed by atoms with Crippen molar-refractivity contribution in [2.75, 3.05) is 0 Å². The predicted octanol–water partition coefficient (Wildman–Crippen LogP) is 5.66. The van der Waals surface area contributed by atoms with Crippen LogP contribution in [-0.2, 0) is 12.4 Å². The molecule has 0 atom stereocenters. The smallest absolute Gasteiger partial charge is 0.416 e. The number of halogens is 6. The second kappa shape index (κ2) is 6.54. The topological polar surface area (TPSA) is 62.0 Å². The summed E-state index contributed by atoms with van der Waals surface area (Å²) in [5.41, 5.74) is -3.89. The van der Waals surface area contributed by atoms with Crippen LogP contribution in [0.25, 0.3) is 0 Å². The molecule has 0 fully saturated rings. The fraction of sp³-hybridized carbons (Fsp3) is 0.133. The van der Waals surface area contributed by atoms with E-state index in [0.29, 0.717) is 18.4 Å². The lowest BCUT2D eigenvalue weighted by Gasteiger charge is -2.12. The van der Waals surface area contributed by atoms with Crippen LogP contribution in [0.3, 0.4) is 0 Å². The first-order chi connectivity index (χ1) is 11.5. The number of rotatable bonds is 3. The Labute approximate surface area is 136 Å². The number of alkyl halides is 6. The summed E-state index contributed by atoms with van der Waals surface area (Å²) in [6.45, 7) is 0. The first kappa shape index (κ1) is 18.4. The molecule has 4 nitrogen and oxygen atoms in total. The van der Waals surface area contributed by atoms with E-state index in [9.17, 15) is 36.2 Å². The van der Waals surface area contributed by atoms with Gasteiger partial charge in [-0.1, -0.05) is 0 Å². The molecule has 0 aliphatic heterocycles. The van der Waals surface area contributed by atoms with E-state index in [1.807, 2.05) is 0 Å². The number of azo groups is 1. The predicted molar refractivity (Wildman–Crippen MR) is 74.1 cm³/mol. The maximum atomic E-state index is 12.7. The molecule has 0 saturated heterocycles. The van der Waals surface area contributed by atoms with Crippen molar-refractivity contribution in [3.63, 3.8) is 0 Å². The van der Waals surface area contributed by atoms with Gasteiger partial charge in [0.05, 0.1) is 28.1 Å². The summed E-state index contributed by atoms with van der Waals surface area (Å²) in [5, 5.41) is 16.2. The van der Waals surface area contributed by atoms with Crippen molar-refractivity contribution in [2.24, 2.45) is 10.2 Å². The number of benzene rings is 2. The molecule has 0 radical (unpaired) electrons. The maximum Gasteiger partial charge on any atom is 0.416 e. The third-order valence-electron chi connectivity index (χ3n) is 2.99. The minimum Gasteiger partial charge on any atom is -0.507 e. The Morgan fingerprint density at radius 3 is 1.80 bits per heavy atom. The number of carbonyl (C=O) groups is 1. The van der Waals surface area contributed by atoms with Gasteiger partial charge in [-0.25, -0.2) is 0 Å². The van der Waals surface area contributed by atoms with Gasteiger partial charge in [-0.3, -0.25) is 4.79 Å². The number of carbonyl (C=O) groups excluding carboxylic acids is 1. The second-order valence-corrected chi connectivity index (χ2v) is 4.83. The van der Waals surface area contributed by atoms with Crippen LogP contribution < -0.4 is 0 Å². The van der Waals surface area contributed by atoms with Gasteiger partial charge < -0.3 is 5.11 Å². The average Bonchev–Trinajstić information content (AvgIpc) is 2.52. The summed E-state index contributed by atoms with van der Waals surface area (Å²) in [4.78, 5) is 10.7. The fourth-order valence-electron chi connectivity index (χ4n) is 1.81. The highest BCUT2D eigenvalue weighted by Crippen LogP contribution is 2.38. The van der Waals surface area contributed by atoms with Crippen molar-refractivity contribution in [3.8, 4) is 5.75 Å². The zero-order valence-corrected chi connectivity index (χ0v) is 12.1. The zero-order chi connectivity index (χ0) is 18.8. The summed E-state index contributed by atoms with van der Waals surface area (Å²) < 4.78 is 76.4. The van der Waals surface area contributed by atoms with Crippen molar-refractivity contribution in [2.45, 2.75) is 12.4 Å². The molecule has 10 heteroatoms. The van der Waals surface area contributed by atoms with E-state index >= 15 is 0 Å². The Morgan fingerprint density at radius 1 is 0.800 bits per heavy atom. The van der Waals surface area contributed by atoms with Crippen LogP contribution in [0.2, 0.25) is 0 Å². The monoisotopic (exact) mass is 362 g/mol. The lowest BCUT2D eigenvalue weighted by Crippen LogP contribution is -2.10. The lowest BCUT2D eigenvalue weighted by atomic mass is 10.1. The van der Waals surface area contributed by atoms with Crippen LogP contribution in [0.4, 0.5) is 37.7 Å². The molecule has 2 rings (SSSR count). The van der Waals surface area contributed by atoms with Gasteiger partial charge in [0, 0.05) is 0 Å². The van der Waals surface area contributed by atoms with E-state index in [-0.39, 0.29) is 23.1 Å². The zero-order valence-electron chi connectivity index (χ0n) is 12.1. The van der Waals surface area contributed by atoms with E-state index in [1.165, 1.54) is 6.07 Å². The van der Waals surface area contributed by atoms with Crippen LogP contribution in [0.1, 0.15) is 21.5 Å². The molecular formula is C15H8F6N2O2. The highest BCUT2D eigenvalue weighted by atomic mass is 19.4. The Bertz CT molecular complexity index is 795. The first-order valence-corrected chi connectivity index (χ1v) is 6.50. The molecule has 25 heavy (non-hydrogen) atoms. The van der Waals surface area contributed by atoms with Gasteiger partial charge in [-0.2, -0.15) is 36.6 Å². The first-order valence-electron chi connectivity index (χ1n) is 6.50. The molecular weight excluding hydrogens is 354 g/mol. The Morgan fingerprint density at radius 2 is 1.32 bits per heavy atom. The lowest BCUT2D eigenvalue weighted by molar-refractivity contribution is -0.143. The molecule has 0 aliphatic carbocycles. The van der Waals surface area contributed by atoms with Crippen molar-refractivity contribution in [1.82, 2.24) is 0 Å². The Balaban J connectivity index is 2.46. The van der Waals surface area contributed by atoms with Crippen molar-refractivity contribution < 1.29 is 36.2 Å². The highest BCUT2D eigenvalue weighted by molar-refractivity contribution is 5.80. The average molecular weight is 362 g/mol. The van der Waals surface area contributed by atoms with Gasteiger partial charge >= 0.3 is 12.4 Å². The molecule has 0 aliphatic rings. The largest absolute Gasteiger partial charge is 0.507 e. The summed E-state index contributed by atoms with van der Waals surface area (Å²) in [6, 6.07) is 4.16. The minimum atomic E-state index is -4.99. The summed E-state index contributed by atoms with van der Waals surface area (Å²) in [5.74, 6) is -0.354. The van der Waals surface area contributed by atoms with Crippen molar-refractivity contribution in [3.05, 3.63) is 53.1 Å². The third-order valence-corrected chi connectivity index (χ3v) is 2.99. The quantitative estimate of drug-likeness (QED) is 0.435. The van der Waals surface area contributed by atoms with Gasteiger partial charge in [0.2, 0.25) is 0 Å². The van der Waals surface area contributed by atoms with Crippen LogP contribution in [0.15, 0.2) is 46.6 Å². The van der Waals surface area contributed by atoms with E-state index < -0.39 is 29.2 Å². The second-order valence-electron chi connectivity index (χ2n) is 4.83. The van der Waals surface area contributed by atoms with Gasteiger partial charge in [0.25, 0.3) is 0 Å². The van der Waals surface area contributed by atoms with Gasteiger partial charge in [-0.05, 0) is 36.4 Å². The number of phenols is 1. The SMILES string of the molecule is O=Cc1cc(N=Nc2cc(C(F)(F)F)cc(C(F)(F)F)c2)ccc1O. The molecule has 132 valence electrons. The van der Waals surface area contributed by atoms with E-state index in [1.54, 1.807) is 0 Å². The van der Waals surface area contributed by atoms with E-state index in [4.69, 9.17) is 0 Å². The number of hydrogen-bond donors (Lipinski definition) is 1. The number of phenolic OH excluding ortho intramolecular Hbond substituents is 1. The molecule has 2 aromatic carbocycles. The van der Waals surface area contributed by atoms with Crippen LogP contribution in [0.5, 0.6) is 5.75 Å². The van der Waals surface area contributed by atoms with E-state index in [0.717, 1.165) is 12.1 Å². The molecule has 0 unspecified atom stereocenters. The molecule has 2 aromatic rings. The fourth-order valence-corrected chi connectivity index (χ4v) is 1.81. The molecule has 0 aromatic heterocycles. The molecule has 1 N–H and O–H groups in total. The molecule has 0 spiro atoms. The van der Waals surface area contributed by atoms with E-state index in [2.05, 4.69) is 10.2 Å². The van der Waals surface area contributed by atoms with Crippen LogP contribution >= 0.6 is 0 Å². The molecule has 0 heterocycles. The normalized spacial score (nSPS) is 12.6. The number of nitrogens with zero attached hydrogens (tertiary/aromatic N) is 2. The van der Waals surface area contributed by atoms with Gasteiger partial charge in [0.1, 0.15) is 5.75 Å².